The normalized spacial score (nSPS) is 10.9. The molecule has 0 saturated heterocycles. The van der Waals surface area contributed by atoms with Crippen LogP contribution in [0.2, 0.25) is 0 Å². The summed E-state index contributed by atoms with van der Waals surface area (Å²) in [6, 6.07) is 7.11. The van der Waals surface area contributed by atoms with Gasteiger partial charge in [-0.15, -0.1) is 11.3 Å². The van der Waals surface area contributed by atoms with Crippen LogP contribution in [-0.2, 0) is 17.9 Å². The zero-order valence-electron chi connectivity index (χ0n) is 12.9. The number of aromatic nitrogens is 3. The van der Waals surface area contributed by atoms with Crippen LogP contribution >= 0.6 is 11.3 Å². The first-order valence-electron chi connectivity index (χ1n) is 7.14. The van der Waals surface area contributed by atoms with Gasteiger partial charge in [-0.05, 0) is 19.1 Å². The molecule has 0 radical (unpaired) electrons. The number of aryl methyl sites for hydroxylation is 1. The maximum atomic E-state index is 12.4. The van der Waals surface area contributed by atoms with E-state index in [4.69, 9.17) is 0 Å². The molecule has 0 aliphatic carbocycles. The molecule has 0 atom stereocenters. The molecule has 0 fully saturated rings. The summed E-state index contributed by atoms with van der Waals surface area (Å²) in [5.41, 5.74) is 1.28. The van der Waals surface area contributed by atoms with E-state index in [2.05, 4.69) is 9.97 Å². The fourth-order valence-electron chi connectivity index (χ4n) is 2.30. The predicted octanol–water partition coefficient (Wildman–Crippen LogP) is 1.82. The van der Waals surface area contributed by atoms with Gasteiger partial charge in [0.2, 0.25) is 5.91 Å². The minimum absolute atomic E-state index is 0.0315. The first kappa shape index (κ1) is 15.4. The van der Waals surface area contributed by atoms with Crippen LogP contribution in [0.4, 0.5) is 0 Å². The number of fused-ring (bicyclic) bond motifs is 1. The summed E-state index contributed by atoms with van der Waals surface area (Å²) in [7, 11) is 1.70. The lowest BCUT2D eigenvalue weighted by Crippen LogP contribution is -2.33. The average molecular weight is 328 g/mol. The number of hydrogen-bond donors (Lipinski definition) is 0. The van der Waals surface area contributed by atoms with Crippen LogP contribution < -0.4 is 5.56 Å². The summed E-state index contributed by atoms with van der Waals surface area (Å²) < 4.78 is 1.34. The SMILES string of the molecule is Cc1nc(CN(C)C(=O)Cn2cnc3ccccc3c2=O)cs1. The Bertz CT molecular complexity index is 916. The van der Waals surface area contributed by atoms with Gasteiger partial charge < -0.3 is 4.90 Å². The third kappa shape index (κ3) is 3.29. The van der Waals surface area contributed by atoms with Gasteiger partial charge in [0.1, 0.15) is 6.54 Å². The predicted molar refractivity (Wildman–Crippen MR) is 89.3 cm³/mol. The number of carbonyl (C=O) groups excluding carboxylic acids is 1. The fourth-order valence-corrected chi connectivity index (χ4v) is 2.90. The number of likely N-dealkylation sites (N-methyl/N-ethyl adjacent to an activating group) is 1. The van der Waals surface area contributed by atoms with Crippen molar-refractivity contribution in [3.05, 3.63) is 57.0 Å². The molecule has 3 rings (SSSR count). The highest BCUT2D eigenvalue weighted by Gasteiger charge is 2.13. The van der Waals surface area contributed by atoms with Gasteiger partial charge in [0.25, 0.3) is 5.56 Å². The van der Waals surface area contributed by atoms with Gasteiger partial charge in [0.15, 0.2) is 0 Å². The first-order valence-corrected chi connectivity index (χ1v) is 8.01. The zero-order valence-corrected chi connectivity index (χ0v) is 13.7. The lowest BCUT2D eigenvalue weighted by atomic mass is 10.2. The number of amides is 1. The molecule has 0 unspecified atom stereocenters. The Hall–Kier alpha value is -2.54. The molecular formula is C16H16N4O2S. The van der Waals surface area contributed by atoms with Crippen LogP contribution in [0, 0.1) is 6.92 Å². The van der Waals surface area contributed by atoms with Gasteiger partial charge in [0, 0.05) is 12.4 Å². The summed E-state index contributed by atoms with van der Waals surface area (Å²) in [6.45, 7) is 2.32. The Balaban J connectivity index is 1.77. The van der Waals surface area contributed by atoms with Gasteiger partial charge in [-0.2, -0.15) is 0 Å². The topological polar surface area (TPSA) is 68.1 Å². The summed E-state index contributed by atoms with van der Waals surface area (Å²) in [5, 5.41) is 3.42. The second-order valence-corrected chi connectivity index (χ2v) is 6.36. The highest BCUT2D eigenvalue weighted by Crippen LogP contribution is 2.10. The number of nitrogens with zero attached hydrogens (tertiary/aromatic N) is 4. The molecule has 2 heterocycles. The lowest BCUT2D eigenvalue weighted by Gasteiger charge is -2.16. The highest BCUT2D eigenvalue weighted by molar-refractivity contribution is 7.09. The highest BCUT2D eigenvalue weighted by atomic mass is 32.1. The Morgan fingerprint density at radius 2 is 2.13 bits per heavy atom. The lowest BCUT2D eigenvalue weighted by molar-refractivity contribution is -0.131. The van der Waals surface area contributed by atoms with E-state index in [-0.39, 0.29) is 18.0 Å². The molecule has 118 valence electrons. The number of thiazole rings is 1. The summed E-state index contributed by atoms with van der Waals surface area (Å²) in [6.07, 6.45) is 1.42. The molecule has 3 aromatic rings. The summed E-state index contributed by atoms with van der Waals surface area (Å²) in [5.74, 6) is -0.158. The maximum Gasteiger partial charge on any atom is 0.261 e. The van der Waals surface area contributed by atoms with Crippen LogP contribution in [0.15, 0.2) is 40.8 Å². The van der Waals surface area contributed by atoms with Crippen molar-refractivity contribution in [1.29, 1.82) is 0 Å². The molecule has 1 aromatic carbocycles. The van der Waals surface area contributed by atoms with E-state index in [9.17, 15) is 9.59 Å². The third-order valence-corrected chi connectivity index (χ3v) is 4.35. The molecule has 0 aliphatic rings. The number of para-hydroxylation sites is 1. The molecule has 7 heteroatoms. The minimum atomic E-state index is -0.207. The molecule has 6 nitrogen and oxygen atoms in total. The van der Waals surface area contributed by atoms with Crippen molar-refractivity contribution in [3.8, 4) is 0 Å². The van der Waals surface area contributed by atoms with Gasteiger partial charge in [-0.1, -0.05) is 12.1 Å². The Kier molecular flexibility index (Phi) is 4.20. The second-order valence-electron chi connectivity index (χ2n) is 5.30. The number of carbonyl (C=O) groups is 1. The Labute approximate surface area is 137 Å². The van der Waals surface area contributed by atoms with Crippen molar-refractivity contribution in [2.24, 2.45) is 0 Å². The molecule has 0 saturated carbocycles. The number of rotatable bonds is 4. The van der Waals surface area contributed by atoms with E-state index >= 15 is 0 Å². The standard InChI is InChI=1S/C16H16N4O2S/c1-11-18-12(9-23-11)7-19(2)15(21)8-20-10-17-14-6-4-3-5-13(14)16(20)22/h3-6,9-10H,7-8H2,1-2H3. The van der Waals surface area contributed by atoms with Crippen LogP contribution in [0.1, 0.15) is 10.7 Å². The maximum absolute atomic E-state index is 12.4. The van der Waals surface area contributed by atoms with Crippen LogP contribution in [0.5, 0.6) is 0 Å². The van der Waals surface area contributed by atoms with E-state index in [1.807, 2.05) is 18.4 Å². The molecule has 23 heavy (non-hydrogen) atoms. The van der Waals surface area contributed by atoms with Crippen molar-refractivity contribution in [2.75, 3.05) is 7.05 Å². The minimum Gasteiger partial charge on any atom is -0.338 e. The smallest absolute Gasteiger partial charge is 0.261 e. The van der Waals surface area contributed by atoms with Gasteiger partial charge in [-0.3, -0.25) is 14.2 Å². The molecule has 1 amide bonds. The van der Waals surface area contributed by atoms with E-state index < -0.39 is 0 Å². The molecule has 0 aliphatic heterocycles. The van der Waals surface area contributed by atoms with Crippen molar-refractivity contribution in [3.63, 3.8) is 0 Å². The van der Waals surface area contributed by atoms with Crippen molar-refractivity contribution < 1.29 is 4.79 Å². The van der Waals surface area contributed by atoms with Crippen molar-refractivity contribution in [1.82, 2.24) is 19.4 Å². The van der Waals surface area contributed by atoms with E-state index in [0.717, 1.165) is 10.7 Å². The zero-order chi connectivity index (χ0) is 16.4. The number of benzene rings is 1. The number of hydrogen-bond acceptors (Lipinski definition) is 5. The monoisotopic (exact) mass is 328 g/mol. The van der Waals surface area contributed by atoms with E-state index in [0.29, 0.717) is 17.4 Å². The summed E-state index contributed by atoms with van der Waals surface area (Å²) >= 11 is 1.55. The first-order chi connectivity index (χ1) is 11.0. The van der Waals surface area contributed by atoms with Gasteiger partial charge in [0.05, 0.1) is 34.5 Å². The second kappa shape index (κ2) is 6.29. The summed E-state index contributed by atoms with van der Waals surface area (Å²) in [4.78, 5) is 34.8. The van der Waals surface area contributed by atoms with Gasteiger partial charge in [-0.25, -0.2) is 9.97 Å². The molecule has 0 bridgehead atoms. The van der Waals surface area contributed by atoms with Crippen molar-refractivity contribution >= 4 is 28.1 Å². The molecule has 0 spiro atoms. The quantitative estimate of drug-likeness (QED) is 0.732. The Morgan fingerprint density at radius 3 is 2.87 bits per heavy atom. The largest absolute Gasteiger partial charge is 0.338 e. The van der Waals surface area contributed by atoms with Crippen molar-refractivity contribution in [2.45, 2.75) is 20.0 Å². The van der Waals surface area contributed by atoms with E-state index in [1.165, 1.54) is 10.9 Å². The molecule has 0 N–H and O–H groups in total. The van der Waals surface area contributed by atoms with Gasteiger partial charge >= 0.3 is 0 Å². The fraction of sp³-hybridized carbons (Fsp3) is 0.250. The van der Waals surface area contributed by atoms with E-state index in [1.54, 1.807) is 41.5 Å². The third-order valence-electron chi connectivity index (χ3n) is 3.53. The molecule has 2 aromatic heterocycles. The average Bonchev–Trinajstić information content (AvgIpc) is 2.95. The molecular weight excluding hydrogens is 312 g/mol. The Morgan fingerprint density at radius 1 is 1.35 bits per heavy atom. The van der Waals surface area contributed by atoms with Crippen LogP contribution in [-0.4, -0.2) is 32.4 Å². The van der Waals surface area contributed by atoms with Crippen LogP contribution in [0.3, 0.4) is 0 Å². The van der Waals surface area contributed by atoms with Crippen LogP contribution in [0.25, 0.3) is 10.9 Å².